The first-order valence-corrected chi connectivity index (χ1v) is 6.93. The molecule has 0 saturated carbocycles. The average Bonchev–Trinajstić information content (AvgIpc) is 3.04. The van der Waals surface area contributed by atoms with E-state index in [-0.39, 0.29) is 12.5 Å². The Labute approximate surface area is 122 Å². The van der Waals surface area contributed by atoms with E-state index in [0.29, 0.717) is 5.95 Å². The van der Waals surface area contributed by atoms with E-state index in [9.17, 15) is 4.79 Å². The third-order valence-electron chi connectivity index (χ3n) is 3.44. The largest absolute Gasteiger partial charge is 0.335 e. The van der Waals surface area contributed by atoms with Crippen LogP contribution in [0, 0.1) is 6.92 Å². The Morgan fingerprint density at radius 1 is 1.38 bits per heavy atom. The molecule has 0 bridgehead atoms. The van der Waals surface area contributed by atoms with Crippen LogP contribution in [0.2, 0.25) is 0 Å². The average molecular weight is 283 g/mol. The van der Waals surface area contributed by atoms with Gasteiger partial charge in [0.1, 0.15) is 12.4 Å². The number of aryl methyl sites for hydroxylation is 2. The fourth-order valence-corrected chi connectivity index (χ4v) is 2.38. The number of para-hydroxylation sites is 1. The molecule has 1 aromatic carbocycles. The van der Waals surface area contributed by atoms with Gasteiger partial charge < -0.3 is 4.57 Å². The number of hydrogen-bond donors (Lipinski definition) is 2. The molecule has 0 spiro atoms. The van der Waals surface area contributed by atoms with Crippen molar-refractivity contribution in [2.45, 2.75) is 26.8 Å². The highest BCUT2D eigenvalue weighted by Crippen LogP contribution is 2.19. The third kappa shape index (κ3) is 2.65. The van der Waals surface area contributed by atoms with Gasteiger partial charge in [-0.2, -0.15) is 4.98 Å². The summed E-state index contributed by atoms with van der Waals surface area (Å²) in [7, 11) is 0. The van der Waals surface area contributed by atoms with Gasteiger partial charge in [-0.3, -0.25) is 15.2 Å². The Morgan fingerprint density at radius 3 is 2.95 bits per heavy atom. The molecule has 1 amide bonds. The van der Waals surface area contributed by atoms with Crippen molar-refractivity contribution >= 4 is 22.8 Å². The van der Waals surface area contributed by atoms with Crippen LogP contribution in [0.3, 0.4) is 0 Å². The second-order valence-corrected chi connectivity index (χ2v) is 4.94. The molecule has 108 valence electrons. The fraction of sp³-hybridized carbons (Fsp3) is 0.267. The number of benzene rings is 1. The summed E-state index contributed by atoms with van der Waals surface area (Å²) >= 11 is 0. The predicted octanol–water partition coefficient (Wildman–Crippen LogP) is 2.27. The van der Waals surface area contributed by atoms with Crippen LogP contribution in [-0.4, -0.2) is 25.7 Å². The molecule has 3 aromatic rings. The lowest BCUT2D eigenvalue weighted by molar-refractivity contribution is -0.116. The van der Waals surface area contributed by atoms with Crippen LogP contribution < -0.4 is 5.32 Å². The summed E-state index contributed by atoms with van der Waals surface area (Å²) in [5.74, 6) is 0.944. The van der Waals surface area contributed by atoms with Crippen molar-refractivity contribution in [3.05, 3.63) is 41.9 Å². The molecule has 2 N–H and O–H groups in total. The number of carbonyl (C=O) groups is 1. The van der Waals surface area contributed by atoms with E-state index >= 15 is 0 Å². The number of hydrogen-bond acceptors (Lipinski definition) is 3. The highest BCUT2D eigenvalue weighted by molar-refractivity contribution is 5.90. The standard InChI is InChI=1S/C15H17N5O/c1-3-13-16-15(19-18-13)17-14(21)9-20-10(2)8-11-6-4-5-7-12(11)20/h4-8H,3,9H2,1-2H3,(H2,16,17,18,19,21). The quantitative estimate of drug-likeness (QED) is 0.771. The predicted molar refractivity (Wildman–Crippen MR) is 81.1 cm³/mol. The van der Waals surface area contributed by atoms with Gasteiger partial charge in [0, 0.05) is 17.6 Å². The molecular weight excluding hydrogens is 266 g/mol. The fourth-order valence-electron chi connectivity index (χ4n) is 2.38. The summed E-state index contributed by atoms with van der Waals surface area (Å²) in [6.07, 6.45) is 0.754. The Hall–Kier alpha value is -2.63. The molecule has 21 heavy (non-hydrogen) atoms. The SMILES string of the molecule is CCc1nc(NC(=O)Cn2c(C)cc3ccccc32)n[nH]1. The summed E-state index contributed by atoms with van der Waals surface area (Å²) < 4.78 is 1.98. The van der Waals surface area contributed by atoms with Crippen molar-refractivity contribution in [2.75, 3.05) is 5.32 Å². The number of nitrogens with one attached hydrogen (secondary N) is 2. The Balaban J connectivity index is 1.78. The Morgan fingerprint density at radius 2 is 2.19 bits per heavy atom. The lowest BCUT2D eigenvalue weighted by Crippen LogP contribution is -2.20. The molecule has 0 fully saturated rings. The number of anilines is 1. The number of H-pyrrole nitrogens is 1. The maximum Gasteiger partial charge on any atom is 0.248 e. The van der Waals surface area contributed by atoms with Crippen molar-refractivity contribution in [3.63, 3.8) is 0 Å². The van der Waals surface area contributed by atoms with Crippen molar-refractivity contribution in [1.29, 1.82) is 0 Å². The minimum absolute atomic E-state index is 0.138. The van der Waals surface area contributed by atoms with Gasteiger partial charge in [-0.05, 0) is 24.4 Å². The zero-order valence-corrected chi connectivity index (χ0v) is 12.1. The minimum atomic E-state index is -0.138. The molecule has 0 radical (unpaired) electrons. The first-order valence-electron chi connectivity index (χ1n) is 6.93. The van der Waals surface area contributed by atoms with E-state index in [1.807, 2.05) is 42.7 Å². The van der Waals surface area contributed by atoms with E-state index in [1.165, 1.54) is 0 Å². The van der Waals surface area contributed by atoms with Gasteiger partial charge in [0.05, 0.1) is 0 Å². The van der Waals surface area contributed by atoms with Crippen molar-refractivity contribution in [1.82, 2.24) is 19.7 Å². The van der Waals surface area contributed by atoms with Crippen LogP contribution in [-0.2, 0) is 17.8 Å². The smallest absolute Gasteiger partial charge is 0.248 e. The number of carbonyl (C=O) groups excluding carboxylic acids is 1. The van der Waals surface area contributed by atoms with Crippen molar-refractivity contribution in [3.8, 4) is 0 Å². The Kier molecular flexibility index (Phi) is 3.43. The van der Waals surface area contributed by atoms with Gasteiger partial charge in [-0.15, -0.1) is 5.10 Å². The summed E-state index contributed by atoms with van der Waals surface area (Å²) in [5, 5.41) is 10.6. The summed E-state index contributed by atoms with van der Waals surface area (Å²) in [6, 6.07) is 10.1. The third-order valence-corrected chi connectivity index (χ3v) is 3.44. The number of amides is 1. The number of aromatic amines is 1. The molecular formula is C15H17N5O. The first-order chi connectivity index (χ1) is 10.2. The number of aromatic nitrogens is 4. The molecule has 6 heteroatoms. The highest BCUT2D eigenvalue weighted by atomic mass is 16.2. The highest BCUT2D eigenvalue weighted by Gasteiger charge is 2.11. The number of nitrogens with zero attached hydrogens (tertiary/aromatic N) is 3. The molecule has 0 unspecified atom stereocenters. The number of fused-ring (bicyclic) bond motifs is 1. The molecule has 0 saturated heterocycles. The van der Waals surface area contributed by atoms with E-state index in [4.69, 9.17) is 0 Å². The molecule has 0 aliphatic heterocycles. The zero-order valence-electron chi connectivity index (χ0n) is 12.1. The normalized spacial score (nSPS) is 11.0. The van der Waals surface area contributed by atoms with Crippen LogP contribution in [0.25, 0.3) is 10.9 Å². The van der Waals surface area contributed by atoms with Crippen LogP contribution in [0.1, 0.15) is 18.4 Å². The molecule has 2 heterocycles. The van der Waals surface area contributed by atoms with E-state index in [2.05, 4.69) is 26.6 Å². The summed E-state index contributed by atoms with van der Waals surface area (Å²) in [6.45, 7) is 4.21. The van der Waals surface area contributed by atoms with E-state index in [0.717, 1.165) is 28.8 Å². The summed E-state index contributed by atoms with van der Waals surface area (Å²) in [4.78, 5) is 16.3. The minimum Gasteiger partial charge on any atom is -0.335 e. The molecule has 0 aliphatic carbocycles. The monoisotopic (exact) mass is 283 g/mol. The van der Waals surface area contributed by atoms with Crippen molar-refractivity contribution in [2.24, 2.45) is 0 Å². The van der Waals surface area contributed by atoms with Crippen LogP contribution in [0.5, 0.6) is 0 Å². The van der Waals surface area contributed by atoms with Crippen molar-refractivity contribution < 1.29 is 4.79 Å². The molecule has 3 rings (SSSR count). The summed E-state index contributed by atoms with van der Waals surface area (Å²) in [5.41, 5.74) is 2.10. The topological polar surface area (TPSA) is 75.6 Å². The first kappa shape index (κ1) is 13.4. The lowest BCUT2D eigenvalue weighted by Gasteiger charge is -2.07. The lowest BCUT2D eigenvalue weighted by atomic mass is 10.2. The Bertz CT molecular complexity index is 786. The van der Waals surface area contributed by atoms with Gasteiger partial charge >= 0.3 is 0 Å². The van der Waals surface area contributed by atoms with Gasteiger partial charge in [-0.1, -0.05) is 25.1 Å². The second-order valence-electron chi connectivity index (χ2n) is 4.94. The van der Waals surface area contributed by atoms with Gasteiger partial charge in [0.2, 0.25) is 11.9 Å². The maximum atomic E-state index is 12.1. The van der Waals surface area contributed by atoms with Crippen LogP contribution >= 0.6 is 0 Å². The van der Waals surface area contributed by atoms with E-state index in [1.54, 1.807) is 0 Å². The molecule has 6 nitrogen and oxygen atoms in total. The molecule has 0 atom stereocenters. The maximum absolute atomic E-state index is 12.1. The zero-order chi connectivity index (χ0) is 14.8. The van der Waals surface area contributed by atoms with E-state index < -0.39 is 0 Å². The second kappa shape index (κ2) is 5.40. The van der Waals surface area contributed by atoms with Gasteiger partial charge in [0.25, 0.3) is 0 Å². The van der Waals surface area contributed by atoms with Gasteiger partial charge in [0.15, 0.2) is 0 Å². The molecule has 2 aromatic heterocycles. The molecule has 0 aliphatic rings. The van der Waals surface area contributed by atoms with Crippen LogP contribution in [0.4, 0.5) is 5.95 Å². The van der Waals surface area contributed by atoms with Gasteiger partial charge in [-0.25, -0.2) is 0 Å². The van der Waals surface area contributed by atoms with Crippen LogP contribution in [0.15, 0.2) is 30.3 Å². The number of rotatable bonds is 4.